The second-order valence-electron chi connectivity index (χ2n) is 32.5. The van der Waals surface area contributed by atoms with E-state index in [0.717, 1.165) is 118 Å². The zero-order chi connectivity index (χ0) is 77.0. The molecule has 3 aliphatic heterocycles. The lowest BCUT2D eigenvalue weighted by molar-refractivity contribution is 0.00578. The number of aromatic nitrogens is 6. The first-order valence-corrected chi connectivity index (χ1v) is 44.2. The summed E-state index contributed by atoms with van der Waals surface area (Å²) in [5, 5.41) is 18.5. The van der Waals surface area contributed by atoms with Crippen molar-refractivity contribution in [2.24, 2.45) is 11.8 Å². The highest BCUT2D eigenvalue weighted by molar-refractivity contribution is 9.10. The summed E-state index contributed by atoms with van der Waals surface area (Å²) in [6, 6.07) is 25.1. The Balaban J connectivity index is 0.000000256. The summed E-state index contributed by atoms with van der Waals surface area (Å²) in [5.41, 5.74) is 3.66. The number of halogens is 1. The highest BCUT2D eigenvalue weighted by Crippen LogP contribution is 2.37. The number of benzene rings is 2. The lowest BCUT2D eigenvalue weighted by atomic mass is 9.80. The highest BCUT2D eigenvalue weighted by atomic mass is 79.9. The molecule has 0 saturated carbocycles. The van der Waals surface area contributed by atoms with Crippen LogP contribution in [0.1, 0.15) is 116 Å². The molecular formula is C75H118BBrN14O11Si2. The number of ether oxygens (including phenoxy) is 4. The predicted molar refractivity (Wildman–Crippen MR) is 427 cm³/mol. The third-order valence-electron chi connectivity index (χ3n) is 17.5. The van der Waals surface area contributed by atoms with E-state index in [9.17, 15) is 19.2 Å². The van der Waals surface area contributed by atoms with E-state index in [1.165, 1.54) is 0 Å². The van der Waals surface area contributed by atoms with Gasteiger partial charge in [0.15, 0.2) is 0 Å². The van der Waals surface area contributed by atoms with Gasteiger partial charge in [0.2, 0.25) is 11.6 Å². The predicted octanol–water partition coefficient (Wildman–Crippen LogP) is 14.0. The number of rotatable bonds is 24. The molecule has 0 spiro atoms. The molecular weight excluding hydrogens is 1420 g/mol. The van der Waals surface area contributed by atoms with Crippen LogP contribution in [0.5, 0.6) is 0 Å². The van der Waals surface area contributed by atoms with Crippen molar-refractivity contribution < 1.29 is 52.5 Å². The Kier molecular flexibility index (Phi) is 31.8. The summed E-state index contributed by atoms with van der Waals surface area (Å²) in [6.07, 6.45) is 10.2. The largest absolute Gasteiger partial charge is 0.495 e. The first-order valence-electron chi connectivity index (χ1n) is 36.0. The maximum Gasteiger partial charge on any atom is 0.495 e. The fourth-order valence-electron chi connectivity index (χ4n) is 11.5. The van der Waals surface area contributed by atoms with Crippen molar-refractivity contribution in [3.05, 3.63) is 114 Å². The summed E-state index contributed by atoms with van der Waals surface area (Å²) in [4.78, 5) is 78.0. The van der Waals surface area contributed by atoms with Crippen molar-refractivity contribution in [1.29, 1.82) is 0 Å². The molecule has 3 saturated heterocycles. The fourth-order valence-corrected chi connectivity index (χ4v) is 13.4. The van der Waals surface area contributed by atoms with Gasteiger partial charge in [-0.3, -0.25) is 20.2 Å². The van der Waals surface area contributed by atoms with Crippen LogP contribution in [-0.2, 0) is 41.7 Å². The molecule has 572 valence electrons. The van der Waals surface area contributed by atoms with Gasteiger partial charge in [0.25, 0.3) is 11.8 Å². The van der Waals surface area contributed by atoms with Crippen LogP contribution in [0.4, 0.5) is 44.0 Å². The minimum Gasteiger partial charge on any atom is -0.444 e. The second kappa shape index (κ2) is 38.5. The molecule has 2 aromatic carbocycles. The van der Waals surface area contributed by atoms with E-state index in [1.807, 2.05) is 70.2 Å². The number of anilines is 6. The minimum absolute atomic E-state index is 0.190. The molecule has 4 amide bonds. The number of hydrogen-bond donors (Lipinski definition) is 5. The van der Waals surface area contributed by atoms with E-state index in [0.29, 0.717) is 59.2 Å². The zero-order valence-electron chi connectivity index (χ0n) is 65.7. The quantitative estimate of drug-likeness (QED) is 0.0278. The van der Waals surface area contributed by atoms with Crippen molar-refractivity contribution in [2.75, 3.05) is 119 Å². The summed E-state index contributed by atoms with van der Waals surface area (Å²) >= 11 is 3.40. The normalized spacial score (nSPS) is 15.6. The molecule has 3 fully saturated rings. The van der Waals surface area contributed by atoms with Gasteiger partial charge in [0.1, 0.15) is 40.9 Å². The van der Waals surface area contributed by atoms with Crippen LogP contribution < -0.4 is 36.5 Å². The summed E-state index contributed by atoms with van der Waals surface area (Å²) in [7, 11) is 6.57. The maximum absolute atomic E-state index is 13.9. The van der Waals surface area contributed by atoms with Crippen LogP contribution in [0.15, 0.2) is 102 Å². The number of piperidine rings is 2. The fraction of sp³-hybridized carbons (Fsp3) is 0.573. The van der Waals surface area contributed by atoms with Gasteiger partial charge in [0, 0.05) is 106 Å². The third kappa shape index (κ3) is 28.3. The molecule has 3 aliphatic rings. The van der Waals surface area contributed by atoms with Crippen LogP contribution in [0.25, 0.3) is 11.3 Å². The summed E-state index contributed by atoms with van der Waals surface area (Å²) in [6.45, 7) is 40.6. The van der Waals surface area contributed by atoms with E-state index in [4.69, 9.17) is 38.3 Å². The van der Waals surface area contributed by atoms with Crippen LogP contribution in [-0.4, -0.2) is 201 Å². The molecule has 0 bridgehead atoms. The van der Waals surface area contributed by atoms with Gasteiger partial charge in [-0.1, -0.05) is 63.5 Å². The van der Waals surface area contributed by atoms with Gasteiger partial charge in [-0.15, -0.1) is 0 Å². The number of amides is 4. The molecule has 0 radical (unpaired) electrons. The summed E-state index contributed by atoms with van der Waals surface area (Å²) in [5.74, 6) is 2.14. The number of nitrogens with zero attached hydrogens (tertiary/aromatic N) is 10. The van der Waals surface area contributed by atoms with Crippen molar-refractivity contribution in [2.45, 2.75) is 182 Å². The number of aliphatic hydroxyl groups excluding tert-OH is 1. The molecule has 7 heterocycles. The van der Waals surface area contributed by atoms with Gasteiger partial charge < -0.3 is 72.7 Å². The average Bonchev–Trinajstić information content (AvgIpc) is 1.62. The molecule has 25 nitrogen and oxygen atoms in total. The van der Waals surface area contributed by atoms with Crippen LogP contribution in [0, 0.1) is 11.8 Å². The molecule has 0 atom stereocenters. The number of imidazole rings is 2. The molecule has 29 heteroatoms. The second-order valence-corrected chi connectivity index (χ2v) is 44.6. The molecule has 9 rings (SSSR count). The standard InChI is InChI=1S/C34H51N7O4Si.C24H38BrN5O2Si.C16H25BN2O4.CH4O/c1-34(2,3)45-33(43)38-30-21-26(13-16-35-30)28-23-41(24-44-19-20-46(6,7)8)31(36-28)32(42)37-27-11-9-10-12-29(27)40-17-14-25(15-18-40)22-39(4)5;1-28(2)16-19-10-12-29(13-11-19)21-9-7-6-8-20(21)26-24(31)23-27-22(25)17-30(23)18-32-14-15-33(3,4)5;1-14(2,3)21-13(20)19-12-10-11(8-9-18-12)17-22-15(4,5)16(6,7)23-17;1-2/h9-13,16,21,23,25H,14-15,17-20,22,24H2,1-8H3,(H,37,42)(H,35,38,43);6-9,17,19H,10-16,18H2,1-5H3,(H,26,31);8-10H,1-7H3,(H,18,19,20);2H,1H3. The SMILES string of the molecule is CC(C)(C)OC(=O)Nc1cc(B2OC(C)(C)C(C)(C)O2)ccn1.CN(C)CC1CCN(c2ccccc2NC(=O)c2nc(-c3ccnc(NC(=O)OC(C)(C)C)c3)cn2COCC[Si](C)(C)C)CC1.CN(C)CC1CCN(c2ccccc2NC(=O)c2nc(Br)cn2COCC[Si](C)(C)C)CC1.CO. The Labute approximate surface area is 628 Å². The highest BCUT2D eigenvalue weighted by Gasteiger charge is 2.52. The Hall–Kier alpha value is -7.06. The number of hydrogen-bond acceptors (Lipinski definition) is 19. The lowest BCUT2D eigenvalue weighted by Gasteiger charge is -2.35. The van der Waals surface area contributed by atoms with E-state index in [-0.39, 0.29) is 24.4 Å². The van der Waals surface area contributed by atoms with Crippen LogP contribution in [0.2, 0.25) is 51.4 Å². The minimum atomic E-state index is -1.29. The Morgan fingerprint density at radius 1 is 0.596 bits per heavy atom. The molecule has 0 aliphatic carbocycles. The topological polar surface area (TPSA) is 266 Å². The smallest absolute Gasteiger partial charge is 0.444 e. The van der Waals surface area contributed by atoms with Gasteiger partial charge in [0.05, 0.1) is 39.6 Å². The van der Waals surface area contributed by atoms with Gasteiger partial charge in [-0.25, -0.2) is 29.5 Å². The van der Waals surface area contributed by atoms with Gasteiger partial charge in [-0.2, -0.15) is 0 Å². The number of pyridine rings is 2. The molecule has 0 unspecified atom stereocenters. The van der Waals surface area contributed by atoms with Crippen molar-refractivity contribution >= 4 is 103 Å². The van der Waals surface area contributed by atoms with Gasteiger partial charge >= 0.3 is 19.3 Å². The Morgan fingerprint density at radius 2 is 1.00 bits per heavy atom. The van der Waals surface area contributed by atoms with Gasteiger partial charge in [-0.05, 0) is 217 Å². The first kappa shape index (κ1) is 85.9. The maximum atomic E-state index is 13.9. The van der Waals surface area contributed by atoms with E-state index < -0.39 is 57.9 Å². The Bertz CT molecular complexity index is 3700. The van der Waals surface area contributed by atoms with E-state index in [2.05, 4.69) is 151 Å². The number of nitrogens with one attached hydrogen (secondary N) is 4. The molecule has 5 N–H and O–H groups in total. The Morgan fingerprint density at radius 3 is 1.42 bits per heavy atom. The molecule has 104 heavy (non-hydrogen) atoms. The average molecular weight is 1540 g/mol. The lowest BCUT2D eigenvalue weighted by Crippen LogP contribution is -2.41. The first-order chi connectivity index (χ1) is 48.7. The van der Waals surface area contributed by atoms with E-state index in [1.54, 1.807) is 93.7 Å². The number of aliphatic hydroxyl groups is 1. The van der Waals surface area contributed by atoms with E-state index >= 15 is 0 Å². The van der Waals surface area contributed by atoms with Crippen molar-refractivity contribution in [3.63, 3.8) is 0 Å². The number of para-hydroxylation sites is 4. The molecule has 6 aromatic rings. The third-order valence-corrected chi connectivity index (χ3v) is 21.3. The molecule has 4 aromatic heterocycles. The summed E-state index contributed by atoms with van der Waals surface area (Å²) < 4.78 is 38.6. The van der Waals surface area contributed by atoms with Crippen molar-refractivity contribution in [1.82, 2.24) is 38.9 Å². The number of carbonyl (C=O) groups excluding carboxylic acids is 4. The number of carbonyl (C=O) groups is 4. The monoisotopic (exact) mass is 1540 g/mol. The zero-order valence-corrected chi connectivity index (χ0v) is 69.2. The van der Waals surface area contributed by atoms with Crippen molar-refractivity contribution in [3.8, 4) is 11.3 Å². The van der Waals surface area contributed by atoms with Crippen LogP contribution in [0.3, 0.4) is 0 Å². The van der Waals surface area contributed by atoms with Crippen LogP contribution >= 0.6 is 15.9 Å².